The van der Waals surface area contributed by atoms with Crippen molar-refractivity contribution in [1.82, 2.24) is 0 Å². The highest BCUT2D eigenvalue weighted by atomic mass is 16.3. The van der Waals surface area contributed by atoms with Crippen molar-refractivity contribution in [3.05, 3.63) is 12.2 Å². The number of Topliss-reactive ketones (excluding diaryl/α,β-unsaturated/α-hetero) is 1. The van der Waals surface area contributed by atoms with Crippen LogP contribution in [0.5, 0.6) is 0 Å². The fraction of sp³-hybridized carbons (Fsp3) is 0.786. The molecule has 1 saturated carbocycles. The Bertz CT molecular complexity index is 270. The highest BCUT2D eigenvalue weighted by Crippen LogP contribution is 2.39. The number of carbonyl (C=O) groups is 1. The molecule has 0 spiro atoms. The molecule has 0 heterocycles. The van der Waals surface area contributed by atoms with Gasteiger partial charge in [-0.3, -0.25) is 4.79 Å². The summed E-state index contributed by atoms with van der Waals surface area (Å²) in [7, 11) is 0. The molecule has 0 unspecified atom stereocenters. The normalized spacial score (nSPS) is 32.5. The fourth-order valence-corrected chi connectivity index (χ4v) is 2.80. The lowest BCUT2D eigenvalue weighted by atomic mass is 9.68. The van der Waals surface area contributed by atoms with E-state index in [1.807, 2.05) is 13.8 Å². The second-order valence-corrected chi connectivity index (χ2v) is 5.08. The third-order valence-corrected chi connectivity index (χ3v) is 3.95. The van der Waals surface area contributed by atoms with Gasteiger partial charge in [0.05, 0.1) is 6.10 Å². The largest absolute Gasteiger partial charge is 0.393 e. The van der Waals surface area contributed by atoms with Crippen molar-refractivity contribution < 1.29 is 9.90 Å². The lowest BCUT2D eigenvalue weighted by molar-refractivity contribution is -0.125. The Balaban J connectivity index is 2.76. The Kier molecular flexibility index (Phi) is 4.72. The van der Waals surface area contributed by atoms with Crippen LogP contribution >= 0.6 is 0 Å². The number of ketones is 1. The van der Waals surface area contributed by atoms with E-state index in [2.05, 4.69) is 13.5 Å². The van der Waals surface area contributed by atoms with Gasteiger partial charge in [0.25, 0.3) is 0 Å². The Hall–Kier alpha value is -0.630. The molecule has 1 aliphatic carbocycles. The summed E-state index contributed by atoms with van der Waals surface area (Å²) in [5.74, 6) is 0.983. The standard InChI is InChI=1S/C14H24O2/c1-5-13(15)11-8-12(14(16)6-2)10(4)7-9(11)3/h10-13,15H,3,5-8H2,1-2,4H3/t10-,11+,12-,13+/m1/s1. The molecule has 2 nitrogen and oxygen atoms in total. The monoisotopic (exact) mass is 224 g/mol. The number of carbonyl (C=O) groups excluding carboxylic acids is 1. The van der Waals surface area contributed by atoms with Gasteiger partial charge in [0, 0.05) is 18.3 Å². The zero-order chi connectivity index (χ0) is 12.3. The smallest absolute Gasteiger partial charge is 0.136 e. The summed E-state index contributed by atoms with van der Waals surface area (Å²) in [5.41, 5.74) is 1.13. The Morgan fingerprint density at radius 3 is 2.69 bits per heavy atom. The Morgan fingerprint density at radius 1 is 1.56 bits per heavy atom. The molecule has 0 aliphatic heterocycles. The maximum absolute atomic E-state index is 11.8. The van der Waals surface area contributed by atoms with E-state index in [1.165, 1.54) is 0 Å². The second-order valence-electron chi connectivity index (χ2n) is 5.08. The molecule has 0 aromatic heterocycles. The zero-order valence-electron chi connectivity index (χ0n) is 10.7. The molecule has 1 rings (SSSR count). The van der Waals surface area contributed by atoms with Gasteiger partial charge >= 0.3 is 0 Å². The van der Waals surface area contributed by atoms with Crippen LogP contribution in [0.2, 0.25) is 0 Å². The molecular weight excluding hydrogens is 200 g/mol. The van der Waals surface area contributed by atoms with Gasteiger partial charge in [-0.05, 0) is 25.2 Å². The second kappa shape index (κ2) is 5.62. The molecule has 0 saturated heterocycles. The van der Waals surface area contributed by atoms with E-state index in [0.717, 1.165) is 24.8 Å². The van der Waals surface area contributed by atoms with Gasteiger partial charge in [-0.15, -0.1) is 0 Å². The third-order valence-electron chi connectivity index (χ3n) is 3.95. The molecule has 1 aliphatic rings. The summed E-state index contributed by atoms with van der Waals surface area (Å²) in [4.78, 5) is 11.8. The summed E-state index contributed by atoms with van der Waals surface area (Å²) >= 11 is 0. The lowest BCUT2D eigenvalue weighted by Crippen LogP contribution is -2.35. The van der Waals surface area contributed by atoms with Crippen molar-refractivity contribution in [3.8, 4) is 0 Å². The van der Waals surface area contributed by atoms with Crippen LogP contribution in [0.15, 0.2) is 12.2 Å². The highest BCUT2D eigenvalue weighted by Gasteiger charge is 2.36. The maximum atomic E-state index is 11.8. The zero-order valence-corrected chi connectivity index (χ0v) is 10.7. The van der Waals surface area contributed by atoms with Gasteiger partial charge in [0.2, 0.25) is 0 Å². The Morgan fingerprint density at radius 2 is 2.19 bits per heavy atom. The quantitative estimate of drug-likeness (QED) is 0.745. The molecule has 0 aromatic rings. The van der Waals surface area contributed by atoms with Gasteiger partial charge in [0.1, 0.15) is 5.78 Å². The number of hydrogen-bond donors (Lipinski definition) is 1. The van der Waals surface area contributed by atoms with Crippen LogP contribution in [0.3, 0.4) is 0 Å². The minimum atomic E-state index is -0.327. The van der Waals surface area contributed by atoms with Crippen molar-refractivity contribution >= 4 is 5.78 Å². The number of rotatable bonds is 4. The van der Waals surface area contributed by atoms with Crippen LogP contribution < -0.4 is 0 Å². The number of aliphatic hydroxyl groups is 1. The van der Waals surface area contributed by atoms with Gasteiger partial charge in [0.15, 0.2) is 0 Å². The molecule has 16 heavy (non-hydrogen) atoms. The molecule has 1 fully saturated rings. The van der Waals surface area contributed by atoms with Crippen molar-refractivity contribution in [1.29, 1.82) is 0 Å². The first-order chi connectivity index (χ1) is 7.51. The van der Waals surface area contributed by atoms with Gasteiger partial charge in [-0.1, -0.05) is 32.9 Å². The molecular formula is C14H24O2. The van der Waals surface area contributed by atoms with E-state index in [4.69, 9.17) is 0 Å². The minimum Gasteiger partial charge on any atom is -0.393 e. The maximum Gasteiger partial charge on any atom is 0.136 e. The van der Waals surface area contributed by atoms with Crippen LogP contribution in [0.1, 0.15) is 46.5 Å². The van der Waals surface area contributed by atoms with Crippen molar-refractivity contribution in [2.45, 2.75) is 52.6 Å². The van der Waals surface area contributed by atoms with Crippen molar-refractivity contribution in [2.75, 3.05) is 0 Å². The molecule has 0 bridgehead atoms. The SMILES string of the molecule is C=C1C[C@@H](C)[C@H](C(=O)CC)C[C@@H]1[C@@H](O)CC. The first kappa shape index (κ1) is 13.4. The molecule has 0 aromatic carbocycles. The van der Waals surface area contributed by atoms with Crippen LogP contribution in [-0.4, -0.2) is 17.0 Å². The average Bonchev–Trinajstić information content (AvgIpc) is 2.27. The molecule has 2 heteroatoms. The molecule has 0 radical (unpaired) electrons. The van der Waals surface area contributed by atoms with Gasteiger partial charge < -0.3 is 5.11 Å². The van der Waals surface area contributed by atoms with Crippen molar-refractivity contribution in [3.63, 3.8) is 0 Å². The summed E-state index contributed by atoms with van der Waals surface area (Å²) in [6.07, 6.45) is 2.70. The first-order valence-electron chi connectivity index (χ1n) is 6.39. The van der Waals surface area contributed by atoms with E-state index in [-0.39, 0.29) is 17.9 Å². The van der Waals surface area contributed by atoms with E-state index in [9.17, 15) is 9.90 Å². The molecule has 1 N–H and O–H groups in total. The van der Waals surface area contributed by atoms with E-state index >= 15 is 0 Å². The lowest BCUT2D eigenvalue weighted by Gasteiger charge is -2.37. The van der Waals surface area contributed by atoms with Gasteiger partial charge in [-0.25, -0.2) is 0 Å². The van der Waals surface area contributed by atoms with E-state index in [1.54, 1.807) is 0 Å². The van der Waals surface area contributed by atoms with Crippen molar-refractivity contribution in [2.24, 2.45) is 17.8 Å². The van der Waals surface area contributed by atoms with E-state index < -0.39 is 0 Å². The van der Waals surface area contributed by atoms with Crippen LogP contribution in [0.4, 0.5) is 0 Å². The predicted octanol–water partition coefficient (Wildman–Crippen LogP) is 2.95. The summed E-state index contributed by atoms with van der Waals surface area (Å²) in [5, 5.41) is 9.94. The van der Waals surface area contributed by atoms with E-state index in [0.29, 0.717) is 18.1 Å². The van der Waals surface area contributed by atoms with Crippen LogP contribution in [-0.2, 0) is 4.79 Å². The minimum absolute atomic E-state index is 0.127. The van der Waals surface area contributed by atoms with Crippen LogP contribution in [0.25, 0.3) is 0 Å². The Labute approximate surface area is 98.7 Å². The molecule has 0 amide bonds. The van der Waals surface area contributed by atoms with Crippen LogP contribution in [0, 0.1) is 17.8 Å². The summed E-state index contributed by atoms with van der Waals surface area (Å²) < 4.78 is 0. The summed E-state index contributed by atoms with van der Waals surface area (Å²) in [6.45, 7) is 10.1. The number of aliphatic hydroxyl groups excluding tert-OH is 1. The molecule has 4 atom stereocenters. The average molecular weight is 224 g/mol. The number of hydrogen-bond acceptors (Lipinski definition) is 2. The molecule has 92 valence electrons. The predicted molar refractivity (Wildman–Crippen MR) is 66.1 cm³/mol. The summed E-state index contributed by atoms with van der Waals surface area (Å²) in [6, 6.07) is 0. The third kappa shape index (κ3) is 2.73. The first-order valence-corrected chi connectivity index (χ1v) is 6.39. The topological polar surface area (TPSA) is 37.3 Å². The van der Waals surface area contributed by atoms with Gasteiger partial charge in [-0.2, -0.15) is 0 Å². The fourth-order valence-electron chi connectivity index (χ4n) is 2.80. The highest BCUT2D eigenvalue weighted by molar-refractivity contribution is 5.81.